The lowest BCUT2D eigenvalue weighted by Gasteiger charge is -2.12. The zero-order valence-corrected chi connectivity index (χ0v) is 6.80. The summed E-state index contributed by atoms with van der Waals surface area (Å²) < 4.78 is 26.6. The third-order valence-electron chi connectivity index (χ3n) is 1.57. The van der Waals surface area contributed by atoms with Crippen LogP contribution in [0.15, 0.2) is 12.3 Å². The number of rotatable bonds is 3. The Balaban J connectivity index is 2.63. The maximum atomic E-state index is 12.7. The molecule has 0 radical (unpaired) electrons. The lowest BCUT2D eigenvalue weighted by Crippen LogP contribution is -2.22. The number of anilines is 1. The van der Waals surface area contributed by atoms with Crippen LogP contribution in [-0.4, -0.2) is 15.7 Å². The lowest BCUT2D eigenvalue weighted by atomic mass is 10.3. The lowest BCUT2D eigenvalue weighted by molar-refractivity contribution is -0.0228. The van der Waals surface area contributed by atoms with Gasteiger partial charge in [-0.1, -0.05) is 6.92 Å². The molecule has 2 N–H and O–H groups in total. The summed E-state index contributed by atoms with van der Waals surface area (Å²) in [4.78, 5) is 0. The maximum Gasteiger partial charge on any atom is 0.267 e. The highest BCUT2D eigenvalue weighted by atomic mass is 19.3. The third-order valence-corrected chi connectivity index (χ3v) is 1.57. The molecule has 0 saturated heterocycles. The summed E-state index contributed by atoms with van der Waals surface area (Å²) in [7, 11) is 0. The molecule has 1 aromatic rings. The van der Waals surface area contributed by atoms with Crippen molar-refractivity contribution < 1.29 is 8.78 Å². The summed E-state index contributed by atoms with van der Waals surface area (Å²) in [6, 6.07) is 1.49. The molecule has 0 spiro atoms. The minimum atomic E-state index is -2.70. The van der Waals surface area contributed by atoms with E-state index in [1.165, 1.54) is 19.2 Å². The van der Waals surface area contributed by atoms with E-state index in [1.54, 1.807) is 0 Å². The molecule has 0 atom stereocenters. The molecule has 5 heteroatoms. The zero-order chi connectivity index (χ0) is 9.19. The number of nitrogens with zero attached hydrogens (tertiary/aromatic N) is 2. The van der Waals surface area contributed by atoms with E-state index in [0.717, 1.165) is 4.68 Å². The van der Waals surface area contributed by atoms with Crippen molar-refractivity contribution in [2.24, 2.45) is 0 Å². The zero-order valence-electron chi connectivity index (χ0n) is 6.80. The Morgan fingerprint density at radius 1 is 1.67 bits per heavy atom. The van der Waals surface area contributed by atoms with Crippen molar-refractivity contribution in [3.63, 3.8) is 0 Å². The highest BCUT2D eigenvalue weighted by Gasteiger charge is 2.26. The molecule has 1 heterocycles. The van der Waals surface area contributed by atoms with Gasteiger partial charge in [-0.3, -0.25) is 4.68 Å². The van der Waals surface area contributed by atoms with Crippen molar-refractivity contribution >= 4 is 5.82 Å². The normalized spacial score (nSPS) is 11.9. The summed E-state index contributed by atoms with van der Waals surface area (Å²) in [6.45, 7) is 1.04. The van der Waals surface area contributed by atoms with E-state index in [9.17, 15) is 8.78 Å². The fourth-order valence-corrected chi connectivity index (χ4v) is 0.814. The van der Waals surface area contributed by atoms with Gasteiger partial charge >= 0.3 is 0 Å². The number of halogens is 2. The Morgan fingerprint density at radius 2 is 2.33 bits per heavy atom. The Kier molecular flexibility index (Phi) is 2.30. The van der Waals surface area contributed by atoms with E-state index in [0.29, 0.717) is 0 Å². The number of aromatic nitrogens is 2. The summed E-state index contributed by atoms with van der Waals surface area (Å²) in [5, 5.41) is 3.66. The Hall–Kier alpha value is -1.13. The van der Waals surface area contributed by atoms with Gasteiger partial charge in [-0.15, -0.1) is 0 Å². The molecule has 0 amide bonds. The Morgan fingerprint density at radius 3 is 2.75 bits per heavy atom. The number of hydrogen-bond acceptors (Lipinski definition) is 2. The first-order valence-electron chi connectivity index (χ1n) is 3.70. The van der Waals surface area contributed by atoms with Gasteiger partial charge in [-0.25, -0.2) is 8.78 Å². The molecule has 0 unspecified atom stereocenters. The summed E-state index contributed by atoms with van der Waals surface area (Å²) in [5.41, 5.74) is 5.26. The molecule has 68 valence electrons. The largest absolute Gasteiger partial charge is 0.382 e. The fourth-order valence-electron chi connectivity index (χ4n) is 0.814. The third kappa shape index (κ3) is 2.18. The molecular formula is C7H11F2N3. The van der Waals surface area contributed by atoms with Gasteiger partial charge in [0.15, 0.2) is 0 Å². The average molecular weight is 175 g/mol. The highest BCUT2D eigenvalue weighted by Crippen LogP contribution is 2.19. The van der Waals surface area contributed by atoms with Crippen LogP contribution in [0.4, 0.5) is 14.6 Å². The molecule has 12 heavy (non-hydrogen) atoms. The first kappa shape index (κ1) is 8.96. The molecule has 0 bridgehead atoms. The Bertz CT molecular complexity index is 257. The van der Waals surface area contributed by atoms with Gasteiger partial charge in [0.1, 0.15) is 12.4 Å². The van der Waals surface area contributed by atoms with E-state index in [4.69, 9.17) is 5.73 Å². The topological polar surface area (TPSA) is 43.8 Å². The van der Waals surface area contributed by atoms with Crippen LogP contribution in [0.5, 0.6) is 0 Å². The van der Waals surface area contributed by atoms with Gasteiger partial charge < -0.3 is 5.73 Å². The SMILES string of the molecule is CCC(F)(F)Cn1ccc(N)n1. The van der Waals surface area contributed by atoms with Crippen LogP contribution >= 0.6 is 0 Å². The van der Waals surface area contributed by atoms with Crippen molar-refractivity contribution in [1.29, 1.82) is 0 Å². The molecule has 0 aliphatic rings. The molecular weight excluding hydrogens is 164 g/mol. The average Bonchev–Trinajstić information content (AvgIpc) is 2.35. The van der Waals surface area contributed by atoms with Gasteiger partial charge in [0.2, 0.25) is 0 Å². The first-order chi connectivity index (χ1) is 5.53. The van der Waals surface area contributed by atoms with Gasteiger partial charge in [-0.05, 0) is 6.07 Å². The molecule has 0 aromatic carbocycles. The van der Waals surface area contributed by atoms with Gasteiger partial charge in [0.25, 0.3) is 5.92 Å². The van der Waals surface area contributed by atoms with Crippen LogP contribution < -0.4 is 5.73 Å². The quantitative estimate of drug-likeness (QED) is 0.756. The summed E-state index contributed by atoms with van der Waals surface area (Å²) in [6.07, 6.45) is 1.26. The summed E-state index contributed by atoms with van der Waals surface area (Å²) >= 11 is 0. The van der Waals surface area contributed by atoms with Crippen LogP contribution in [0, 0.1) is 0 Å². The standard InChI is InChI=1S/C7H11F2N3/c1-2-7(8,9)5-12-4-3-6(10)11-12/h3-4H,2,5H2,1H3,(H2,10,11). The molecule has 0 saturated carbocycles. The molecule has 1 rings (SSSR count). The van der Waals surface area contributed by atoms with Crippen LogP contribution in [-0.2, 0) is 6.54 Å². The van der Waals surface area contributed by atoms with Crippen LogP contribution in [0.3, 0.4) is 0 Å². The predicted octanol–water partition coefficient (Wildman–Crippen LogP) is 1.51. The van der Waals surface area contributed by atoms with Crippen LogP contribution in [0.2, 0.25) is 0 Å². The number of nitrogen functional groups attached to an aromatic ring is 1. The van der Waals surface area contributed by atoms with E-state index in [-0.39, 0.29) is 12.2 Å². The molecule has 0 aliphatic heterocycles. The first-order valence-corrected chi connectivity index (χ1v) is 3.70. The van der Waals surface area contributed by atoms with Crippen molar-refractivity contribution in [3.05, 3.63) is 12.3 Å². The summed E-state index contributed by atoms with van der Waals surface area (Å²) in [5.74, 6) is -2.43. The van der Waals surface area contributed by atoms with E-state index >= 15 is 0 Å². The van der Waals surface area contributed by atoms with Gasteiger partial charge in [-0.2, -0.15) is 5.10 Å². The van der Waals surface area contributed by atoms with Gasteiger partial charge in [0, 0.05) is 12.6 Å². The van der Waals surface area contributed by atoms with E-state index < -0.39 is 12.5 Å². The minimum absolute atomic E-state index is 0.188. The van der Waals surface area contributed by atoms with Crippen molar-refractivity contribution in [3.8, 4) is 0 Å². The molecule has 0 aliphatic carbocycles. The second-order valence-corrected chi connectivity index (χ2v) is 2.65. The Labute approximate surface area is 69.2 Å². The predicted molar refractivity (Wildman–Crippen MR) is 41.9 cm³/mol. The molecule has 3 nitrogen and oxygen atoms in total. The second kappa shape index (κ2) is 3.08. The molecule has 1 aromatic heterocycles. The minimum Gasteiger partial charge on any atom is -0.382 e. The second-order valence-electron chi connectivity index (χ2n) is 2.65. The monoisotopic (exact) mass is 175 g/mol. The van der Waals surface area contributed by atoms with Crippen molar-refractivity contribution in [2.45, 2.75) is 25.8 Å². The van der Waals surface area contributed by atoms with Crippen molar-refractivity contribution in [1.82, 2.24) is 9.78 Å². The van der Waals surface area contributed by atoms with Crippen molar-refractivity contribution in [2.75, 3.05) is 5.73 Å². The van der Waals surface area contributed by atoms with E-state index in [2.05, 4.69) is 5.10 Å². The van der Waals surface area contributed by atoms with Gasteiger partial charge in [0.05, 0.1) is 0 Å². The maximum absolute atomic E-state index is 12.7. The fraction of sp³-hybridized carbons (Fsp3) is 0.571. The molecule has 0 fully saturated rings. The van der Waals surface area contributed by atoms with Crippen LogP contribution in [0.1, 0.15) is 13.3 Å². The number of nitrogens with two attached hydrogens (primary N) is 1. The smallest absolute Gasteiger partial charge is 0.267 e. The number of hydrogen-bond donors (Lipinski definition) is 1. The van der Waals surface area contributed by atoms with E-state index in [1.807, 2.05) is 0 Å². The number of alkyl halides is 2. The highest BCUT2D eigenvalue weighted by molar-refractivity contribution is 5.23. The van der Waals surface area contributed by atoms with Crippen LogP contribution in [0.25, 0.3) is 0 Å².